The Kier molecular flexibility index (Phi) is 3.29. The number of hydrogen-bond donors (Lipinski definition) is 2. The average molecular weight is 346 g/mol. The van der Waals surface area contributed by atoms with Gasteiger partial charge in [0, 0.05) is 12.1 Å². The van der Waals surface area contributed by atoms with Crippen LogP contribution >= 0.6 is 0 Å². The SMILES string of the molecule is O=C(N[C@H]1C2CC3CC1C[C@](O)(C3)C2)N1CCOc2cc(F)ccc21. The lowest BCUT2D eigenvalue weighted by Crippen LogP contribution is -2.63. The molecular formula is C19H23FN2O3. The molecule has 4 saturated carbocycles. The molecule has 6 rings (SSSR count). The summed E-state index contributed by atoms with van der Waals surface area (Å²) < 4.78 is 18.9. The number of urea groups is 1. The summed E-state index contributed by atoms with van der Waals surface area (Å²) in [5.74, 6) is 1.40. The monoisotopic (exact) mass is 346 g/mol. The molecule has 2 amide bonds. The highest BCUT2D eigenvalue weighted by atomic mass is 19.1. The summed E-state index contributed by atoms with van der Waals surface area (Å²) >= 11 is 0. The zero-order chi connectivity index (χ0) is 17.2. The van der Waals surface area contributed by atoms with E-state index in [-0.39, 0.29) is 17.9 Å². The van der Waals surface area contributed by atoms with Crippen LogP contribution in [0.5, 0.6) is 5.75 Å². The van der Waals surface area contributed by atoms with Crippen LogP contribution in [0.25, 0.3) is 0 Å². The molecule has 5 nitrogen and oxygen atoms in total. The van der Waals surface area contributed by atoms with Crippen LogP contribution in [0.2, 0.25) is 0 Å². The Morgan fingerprint density at radius 2 is 2.04 bits per heavy atom. The maximum Gasteiger partial charge on any atom is 0.322 e. The molecule has 0 spiro atoms. The molecule has 0 aromatic heterocycles. The summed E-state index contributed by atoms with van der Waals surface area (Å²) in [5.41, 5.74) is 0.119. The number of carbonyl (C=O) groups is 1. The fraction of sp³-hybridized carbons (Fsp3) is 0.632. The standard InChI is InChI=1S/C19H23FN2O3/c20-14-1-2-15-16(7-14)25-4-3-22(15)18(23)21-17-12-5-11-6-13(17)10-19(24,8-11)9-12/h1-2,7,11-13,17,24H,3-6,8-10H2,(H,21,23)/t11?,12?,13?,17-,19-. The summed E-state index contributed by atoms with van der Waals surface area (Å²) in [4.78, 5) is 14.6. The smallest absolute Gasteiger partial charge is 0.322 e. The summed E-state index contributed by atoms with van der Waals surface area (Å²) in [5, 5.41) is 13.9. The zero-order valence-corrected chi connectivity index (χ0v) is 14.1. The van der Waals surface area contributed by atoms with Gasteiger partial charge in [0.2, 0.25) is 0 Å². The molecule has 1 aliphatic heterocycles. The van der Waals surface area contributed by atoms with Crippen molar-refractivity contribution in [2.24, 2.45) is 17.8 Å². The normalized spacial score (nSPS) is 38.2. The van der Waals surface area contributed by atoms with Gasteiger partial charge in [-0.1, -0.05) is 0 Å². The number of rotatable bonds is 1. The van der Waals surface area contributed by atoms with Crippen LogP contribution in [0.15, 0.2) is 18.2 Å². The number of nitrogens with zero attached hydrogens (tertiary/aromatic N) is 1. The molecule has 5 aliphatic rings. The quantitative estimate of drug-likeness (QED) is 0.822. The second-order valence-corrected chi connectivity index (χ2v) is 8.28. The fourth-order valence-electron chi connectivity index (χ4n) is 5.84. The number of ether oxygens (including phenoxy) is 1. The van der Waals surface area contributed by atoms with Crippen LogP contribution in [0.1, 0.15) is 32.1 Å². The first-order chi connectivity index (χ1) is 12.0. The van der Waals surface area contributed by atoms with E-state index in [1.165, 1.54) is 12.1 Å². The lowest BCUT2D eigenvalue weighted by Gasteiger charge is -2.58. The van der Waals surface area contributed by atoms with Gasteiger partial charge in [-0.05, 0) is 62.0 Å². The number of carbonyl (C=O) groups excluding carboxylic acids is 1. The van der Waals surface area contributed by atoms with Crippen molar-refractivity contribution in [2.45, 2.75) is 43.7 Å². The van der Waals surface area contributed by atoms with E-state index in [1.54, 1.807) is 11.0 Å². The molecule has 1 aromatic rings. The average Bonchev–Trinajstić information content (AvgIpc) is 2.55. The largest absolute Gasteiger partial charge is 0.489 e. The Morgan fingerprint density at radius 3 is 2.76 bits per heavy atom. The first-order valence-electron chi connectivity index (χ1n) is 9.23. The van der Waals surface area contributed by atoms with E-state index in [2.05, 4.69) is 5.32 Å². The second-order valence-electron chi connectivity index (χ2n) is 8.28. The van der Waals surface area contributed by atoms with Gasteiger partial charge in [0.05, 0.1) is 17.8 Å². The Balaban J connectivity index is 1.35. The molecule has 6 heteroatoms. The first kappa shape index (κ1) is 15.4. The van der Waals surface area contributed by atoms with Gasteiger partial charge in [-0.25, -0.2) is 9.18 Å². The summed E-state index contributed by atoms with van der Waals surface area (Å²) in [7, 11) is 0. The Morgan fingerprint density at radius 1 is 1.28 bits per heavy atom. The van der Waals surface area contributed by atoms with Crippen molar-refractivity contribution in [3.63, 3.8) is 0 Å². The fourth-order valence-corrected chi connectivity index (χ4v) is 5.84. The predicted molar refractivity (Wildman–Crippen MR) is 90.1 cm³/mol. The summed E-state index contributed by atoms with van der Waals surface area (Å²) in [6.45, 7) is 0.822. The number of hydrogen-bond acceptors (Lipinski definition) is 3. The number of halogens is 1. The van der Waals surface area contributed by atoms with E-state index < -0.39 is 5.60 Å². The highest BCUT2D eigenvalue weighted by Crippen LogP contribution is 2.55. The highest BCUT2D eigenvalue weighted by Gasteiger charge is 2.55. The third-order valence-electron chi connectivity index (χ3n) is 6.56. The van der Waals surface area contributed by atoms with E-state index in [9.17, 15) is 14.3 Å². The Labute approximate surface area is 146 Å². The Hall–Kier alpha value is -1.82. The van der Waals surface area contributed by atoms with Crippen LogP contribution in [-0.2, 0) is 0 Å². The molecule has 1 aromatic carbocycles. The summed E-state index contributed by atoms with van der Waals surface area (Å²) in [6, 6.07) is 4.28. The Bertz CT molecular complexity index is 709. The van der Waals surface area contributed by atoms with E-state index in [1.807, 2.05) is 0 Å². The lowest BCUT2D eigenvalue weighted by molar-refractivity contribution is -0.136. The van der Waals surface area contributed by atoms with Crippen molar-refractivity contribution in [3.8, 4) is 5.75 Å². The van der Waals surface area contributed by atoms with Crippen molar-refractivity contribution in [1.29, 1.82) is 0 Å². The number of nitrogens with one attached hydrogen (secondary N) is 1. The summed E-state index contributed by atoms with van der Waals surface area (Å²) in [6.07, 6.45) is 4.75. The van der Waals surface area contributed by atoms with Crippen LogP contribution < -0.4 is 15.0 Å². The van der Waals surface area contributed by atoms with E-state index in [0.717, 1.165) is 32.1 Å². The van der Waals surface area contributed by atoms with Crippen LogP contribution in [-0.4, -0.2) is 35.9 Å². The van der Waals surface area contributed by atoms with Crippen LogP contribution in [0.4, 0.5) is 14.9 Å². The molecule has 1 heterocycles. The number of benzene rings is 1. The highest BCUT2D eigenvalue weighted by molar-refractivity contribution is 5.94. The van der Waals surface area contributed by atoms with E-state index in [4.69, 9.17) is 4.74 Å². The minimum absolute atomic E-state index is 0.135. The topological polar surface area (TPSA) is 61.8 Å². The maximum absolute atomic E-state index is 13.4. The first-order valence-corrected chi connectivity index (χ1v) is 9.23. The molecule has 0 radical (unpaired) electrons. The second kappa shape index (κ2) is 5.34. The van der Waals surface area contributed by atoms with Crippen molar-refractivity contribution in [2.75, 3.05) is 18.1 Å². The van der Waals surface area contributed by atoms with Gasteiger partial charge in [0.25, 0.3) is 0 Å². The lowest BCUT2D eigenvalue weighted by atomic mass is 9.52. The minimum Gasteiger partial charge on any atom is -0.489 e. The van der Waals surface area contributed by atoms with Crippen LogP contribution in [0.3, 0.4) is 0 Å². The molecule has 4 aliphatic carbocycles. The van der Waals surface area contributed by atoms with Crippen molar-refractivity contribution < 1.29 is 19.0 Å². The van der Waals surface area contributed by atoms with Crippen molar-refractivity contribution >= 4 is 11.7 Å². The molecule has 2 N–H and O–H groups in total. The van der Waals surface area contributed by atoms with E-state index in [0.29, 0.717) is 42.3 Å². The molecule has 4 bridgehead atoms. The number of anilines is 1. The number of amides is 2. The molecule has 134 valence electrons. The van der Waals surface area contributed by atoms with Gasteiger partial charge >= 0.3 is 6.03 Å². The van der Waals surface area contributed by atoms with Gasteiger partial charge in [-0.15, -0.1) is 0 Å². The zero-order valence-electron chi connectivity index (χ0n) is 14.1. The predicted octanol–water partition coefficient (Wildman–Crippen LogP) is 2.67. The van der Waals surface area contributed by atoms with Gasteiger partial charge in [-0.3, -0.25) is 4.90 Å². The number of aliphatic hydroxyl groups is 1. The van der Waals surface area contributed by atoms with Crippen molar-refractivity contribution in [1.82, 2.24) is 5.32 Å². The number of fused-ring (bicyclic) bond motifs is 1. The molecule has 2 atom stereocenters. The third-order valence-corrected chi connectivity index (χ3v) is 6.56. The molecular weight excluding hydrogens is 323 g/mol. The molecule has 2 unspecified atom stereocenters. The molecule has 0 saturated heterocycles. The van der Waals surface area contributed by atoms with Crippen molar-refractivity contribution in [3.05, 3.63) is 24.0 Å². The van der Waals surface area contributed by atoms with Gasteiger partial charge in [0.1, 0.15) is 18.2 Å². The van der Waals surface area contributed by atoms with Gasteiger partial charge < -0.3 is 15.2 Å². The van der Waals surface area contributed by atoms with Gasteiger partial charge in [-0.2, -0.15) is 0 Å². The molecule has 25 heavy (non-hydrogen) atoms. The van der Waals surface area contributed by atoms with Gasteiger partial charge in [0.15, 0.2) is 0 Å². The van der Waals surface area contributed by atoms with Crippen LogP contribution in [0, 0.1) is 23.6 Å². The molecule has 4 fully saturated rings. The maximum atomic E-state index is 13.4. The third kappa shape index (κ3) is 2.49. The van der Waals surface area contributed by atoms with E-state index >= 15 is 0 Å². The minimum atomic E-state index is -0.499.